The van der Waals surface area contributed by atoms with Crippen molar-refractivity contribution in [3.8, 4) is 0 Å². The van der Waals surface area contributed by atoms with E-state index in [1.807, 2.05) is 0 Å². The lowest BCUT2D eigenvalue weighted by Gasteiger charge is -2.54. The van der Waals surface area contributed by atoms with Gasteiger partial charge in [0.2, 0.25) is 0 Å². The highest BCUT2D eigenvalue weighted by molar-refractivity contribution is 5.09. The first-order valence-electron chi connectivity index (χ1n) is 8.32. The maximum atomic E-state index is 6.27. The standard InChI is InChI=1S/C16H29NO2/c1-2-17-14-11-15(16(14)8-4-5-9-16)19-12-13-7-3-6-10-18-13/h13-15,17H,2-12H2,1H3. The van der Waals surface area contributed by atoms with Gasteiger partial charge in [-0.05, 0) is 45.1 Å². The van der Waals surface area contributed by atoms with Gasteiger partial charge in [-0.3, -0.25) is 0 Å². The average Bonchev–Trinajstić information content (AvgIpc) is 2.95. The summed E-state index contributed by atoms with van der Waals surface area (Å²) in [7, 11) is 0. The molecule has 110 valence electrons. The Morgan fingerprint density at radius 2 is 2.05 bits per heavy atom. The molecule has 3 fully saturated rings. The summed E-state index contributed by atoms with van der Waals surface area (Å²) in [4.78, 5) is 0. The average molecular weight is 267 g/mol. The van der Waals surface area contributed by atoms with Crippen LogP contribution in [0.25, 0.3) is 0 Å². The summed E-state index contributed by atoms with van der Waals surface area (Å²) in [5.41, 5.74) is 0.463. The maximum Gasteiger partial charge on any atom is 0.0808 e. The van der Waals surface area contributed by atoms with Crippen molar-refractivity contribution >= 4 is 0 Å². The lowest BCUT2D eigenvalue weighted by atomic mass is 9.60. The highest BCUT2D eigenvalue weighted by Gasteiger charge is 2.56. The Morgan fingerprint density at radius 3 is 2.74 bits per heavy atom. The van der Waals surface area contributed by atoms with Gasteiger partial charge in [-0.25, -0.2) is 0 Å². The Bertz CT molecular complexity index is 282. The Kier molecular flexibility index (Phi) is 4.45. The van der Waals surface area contributed by atoms with Crippen molar-refractivity contribution in [1.29, 1.82) is 0 Å². The van der Waals surface area contributed by atoms with Gasteiger partial charge in [0.25, 0.3) is 0 Å². The Labute approximate surface area is 117 Å². The minimum Gasteiger partial charge on any atom is -0.376 e. The molecule has 0 aromatic carbocycles. The van der Waals surface area contributed by atoms with Crippen LogP contribution in [0.4, 0.5) is 0 Å². The summed E-state index contributed by atoms with van der Waals surface area (Å²) < 4.78 is 12.0. The first-order chi connectivity index (χ1) is 9.35. The van der Waals surface area contributed by atoms with Crippen molar-refractivity contribution < 1.29 is 9.47 Å². The molecular weight excluding hydrogens is 238 g/mol. The zero-order chi connectivity index (χ0) is 13.1. The van der Waals surface area contributed by atoms with Crippen LogP contribution in [0.3, 0.4) is 0 Å². The van der Waals surface area contributed by atoms with Gasteiger partial charge in [-0.1, -0.05) is 19.8 Å². The molecule has 1 saturated heterocycles. The van der Waals surface area contributed by atoms with E-state index in [4.69, 9.17) is 9.47 Å². The van der Waals surface area contributed by atoms with E-state index in [9.17, 15) is 0 Å². The molecule has 3 atom stereocenters. The van der Waals surface area contributed by atoms with Crippen molar-refractivity contribution in [3.05, 3.63) is 0 Å². The fourth-order valence-electron chi connectivity index (χ4n) is 4.38. The third kappa shape index (κ3) is 2.70. The molecule has 1 heterocycles. The Balaban J connectivity index is 1.50. The van der Waals surface area contributed by atoms with Crippen molar-refractivity contribution in [2.45, 2.75) is 76.5 Å². The maximum absolute atomic E-state index is 6.27. The van der Waals surface area contributed by atoms with Gasteiger partial charge in [0, 0.05) is 18.1 Å². The number of hydrogen-bond acceptors (Lipinski definition) is 3. The van der Waals surface area contributed by atoms with Crippen LogP contribution in [-0.2, 0) is 9.47 Å². The van der Waals surface area contributed by atoms with E-state index in [1.165, 1.54) is 51.4 Å². The van der Waals surface area contributed by atoms with Crippen LogP contribution in [0, 0.1) is 5.41 Å². The minimum absolute atomic E-state index is 0.366. The summed E-state index contributed by atoms with van der Waals surface area (Å²) in [6.07, 6.45) is 11.3. The first-order valence-corrected chi connectivity index (χ1v) is 8.32. The smallest absolute Gasteiger partial charge is 0.0808 e. The molecule has 3 unspecified atom stereocenters. The van der Waals surface area contributed by atoms with Crippen LogP contribution in [0.15, 0.2) is 0 Å². The van der Waals surface area contributed by atoms with Crippen LogP contribution in [0.5, 0.6) is 0 Å². The van der Waals surface area contributed by atoms with E-state index in [0.29, 0.717) is 23.7 Å². The van der Waals surface area contributed by atoms with Gasteiger partial charge in [-0.15, -0.1) is 0 Å². The second-order valence-electron chi connectivity index (χ2n) is 6.60. The predicted molar refractivity (Wildman–Crippen MR) is 76.3 cm³/mol. The lowest BCUT2D eigenvalue weighted by Crippen LogP contribution is -2.63. The molecule has 1 N–H and O–H groups in total. The van der Waals surface area contributed by atoms with Gasteiger partial charge >= 0.3 is 0 Å². The minimum atomic E-state index is 0.366. The van der Waals surface area contributed by atoms with Crippen molar-refractivity contribution in [3.63, 3.8) is 0 Å². The topological polar surface area (TPSA) is 30.5 Å². The molecule has 0 aromatic rings. The molecule has 0 amide bonds. The highest BCUT2D eigenvalue weighted by atomic mass is 16.5. The monoisotopic (exact) mass is 267 g/mol. The van der Waals surface area contributed by atoms with Crippen molar-refractivity contribution in [2.24, 2.45) is 5.41 Å². The summed E-state index contributed by atoms with van der Waals surface area (Å²) in [5.74, 6) is 0. The molecule has 2 aliphatic carbocycles. The second-order valence-corrected chi connectivity index (χ2v) is 6.60. The largest absolute Gasteiger partial charge is 0.376 e. The molecule has 3 rings (SSSR count). The van der Waals surface area contributed by atoms with Crippen molar-refractivity contribution in [1.82, 2.24) is 5.32 Å². The second kappa shape index (κ2) is 6.11. The molecule has 2 saturated carbocycles. The predicted octanol–water partition coefficient (Wildman–Crippen LogP) is 2.88. The molecule has 1 spiro atoms. The summed E-state index contributed by atoms with van der Waals surface area (Å²) in [6, 6.07) is 0.706. The molecule has 0 aromatic heterocycles. The zero-order valence-electron chi connectivity index (χ0n) is 12.3. The fraction of sp³-hybridized carbons (Fsp3) is 1.00. The summed E-state index contributed by atoms with van der Waals surface area (Å²) in [5, 5.41) is 3.67. The van der Waals surface area contributed by atoms with Crippen molar-refractivity contribution in [2.75, 3.05) is 19.8 Å². The molecule has 19 heavy (non-hydrogen) atoms. The van der Waals surface area contributed by atoms with Gasteiger partial charge in [0.05, 0.1) is 18.8 Å². The SMILES string of the molecule is CCNC1CC(OCC2CCCCO2)C12CCCC2. The molecule has 3 aliphatic rings. The third-order valence-corrected chi connectivity index (χ3v) is 5.53. The van der Waals surface area contributed by atoms with Crippen LogP contribution in [-0.4, -0.2) is 38.0 Å². The van der Waals surface area contributed by atoms with Crippen LogP contribution >= 0.6 is 0 Å². The fourth-order valence-corrected chi connectivity index (χ4v) is 4.38. The molecule has 1 aliphatic heterocycles. The molecule has 0 bridgehead atoms. The van der Waals surface area contributed by atoms with Gasteiger partial charge in [0.15, 0.2) is 0 Å². The number of rotatable bonds is 5. The van der Waals surface area contributed by atoms with Gasteiger partial charge in [-0.2, -0.15) is 0 Å². The molecular formula is C16H29NO2. The lowest BCUT2D eigenvalue weighted by molar-refractivity contribution is -0.158. The van der Waals surface area contributed by atoms with E-state index in [2.05, 4.69) is 12.2 Å². The van der Waals surface area contributed by atoms with Gasteiger partial charge < -0.3 is 14.8 Å². The van der Waals surface area contributed by atoms with E-state index < -0.39 is 0 Å². The van der Waals surface area contributed by atoms with E-state index in [-0.39, 0.29) is 0 Å². The molecule has 3 nitrogen and oxygen atoms in total. The van der Waals surface area contributed by atoms with Crippen LogP contribution in [0.2, 0.25) is 0 Å². The van der Waals surface area contributed by atoms with Crippen LogP contribution in [0.1, 0.15) is 58.3 Å². The Morgan fingerprint density at radius 1 is 1.21 bits per heavy atom. The quantitative estimate of drug-likeness (QED) is 0.831. The summed E-state index contributed by atoms with van der Waals surface area (Å²) >= 11 is 0. The van der Waals surface area contributed by atoms with E-state index in [0.717, 1.165) is 19.8 Å². The third-order valence-electron chi connectivity index (χ3n) is 5.53. The van der Waals surface area contributed by atoms with E-state index in [1.54, 1.807) is 0 Å². The number of ether oxygens (including phenoxy) is 2. The molecule has 3 heteroatoms. The number of nitrogens with one attached hydrogen (secondary N) is 1. The Hall–Kier alpha value is -0.120. The van der Waals surface area contributed by atoms with E-state index >= 15 is 0 Å². The number of hydrogen-bond donors (Lipinski definition) is 1. The summed E-state index contributed by atoms with van der Waals surface area (Å²) in [6.45, 7) is 5.06. The normalized spacial score (nSPS) is 37.4. The molecule has 0 radical (unpaired) electrons. The highest BCUT2D eigenvalue weighted by Crippen LogP contribution is 2.54. The van der Waals surface area contributed by atoms with Gasteiger partial charge in [0.1, 0.15) is 0 Å². The zero-order valence-corrected chi connectivity index (χ0v) is 12.3. The van der Waals surface area contributed by atoms with Crippen LogP contribution < -0.4 is 5.32 Å². The first kappa shape index (κ1) is 13.8.